The van der Waals surface area contributed by atoms with Crippen molar-refractivity contribution in [2.45, 2.75) is 17.9 Å². The van der Waals surface area contributed by atoms with E-state index in [2.05, 4.69) is 21.2 Å². The maximum atomic E-state index is 13.6. The van der Waals surface area contributed by atoms with E-state index in [-0.39, 0.29) is 15.4 Å². The monoisotopic (exact) mass is 362 g/mol. The van der Waals surface area contributed by atoms with Crippen LogP contribution >= 0.6 is 15.9 Å². The van der Waals surface area contributed by atoms with Gasteiger partial charge in [-0.25, -0.2) is 12.8 Å². The Hall–Kier alpha value is -0.500. The highest BCUT2D eigenvalue weighted by molar-refractivity contribution is 9.10. The average Bonchev–Trinajstić information content (AvgIpc) is 2.96. The topological polar surface area (TPSA) is 49.4 Å². The van der Waals surface area contributed by atoms with Crippen molar-refractivity contribution in [2.75, 3.05) is 19.6 Å². The van der Waals surface area contributed by atoms with Gasteiger partial charge in [-0.05, 0) is 66.0 Å². The van der Waals surface area contributed by atoms with E-state index < -0.39 is 15.8 Å². The fourth-order valence-electron chi connectivity index (χ4n) is 3.22. The summed E-state index contributed by atoms with van der Waals surface area (Å²) < 4.78 is 40.7. The number of hydrogen-bond acceptors (Lipinski definition) is 3. The number of rotatable bonds is 2. The van der Waals surface area contributed by atoms with Gasteiger partial charge < -0.3 is 5.32 Å². The van der Waals surface area contributed by atoms with Crippen molar-refractivity contribution in [2.24, 2.45) is 11.8 Å². The first-order valence-electron chi connectivity index (χ1n) is 6.59. The summed E-state index contributed by atoms with van der Waals surface area (Å²) >= 11 is 3.04. The summed E-state index contributed by atoms with van der Waals surface area (Å²) in [5, 5.41) is 3.30. The Bertz CT molecular complexity index is 637. The predicted octanol–water partition coefficient (Wildman–Crippen LogP) is 1.82. The van der Waals surface area contributed by atoms with Crippen LogP contribution in [0, 0.1) is 17.7 Å². The van der Waals surface area contributed by atoms with Gasteiger partial charge in [0.1, 0.15) is 5.82 Å². The van der Waals surface area contributed by atoms with E-state index >= 15 is 0 Å². The summed E-state index contributed by atoms with van der Waals surface area (Å²) in [5.74, 6) is 0.157. The van der Waals surface area contributed by atoms with Crippen molar-refractivity contribution < 1.29 is 12.8 Å². The first-order chi connectivity index (χ1) is 9.41. The number of nitrogens with one attached hydrogen (secondary N) is 1. The molecule has 2 heterocycles. The van der Waals surface area contributed by atoms with Crippen molar-refractivity contribution in [3.05, 3.63) is 28.5 Å². The van der Waals surface area contributed by atoms with Crippen molar-refractivity contribution >= 4 is 26.0 Å². The van der Waals surface area contributed by atoms with Gasteiger partial charge in [-0.2, -0.15) is 4.31 Å². The molecule has 0 amide bonds. The number of hydrogen-bond donors (Lipinski definition) is 1. The van der Waals surface area contributed by atoms with E-state index in [4.69, 9.17) is 0 Å². The lowest BCUT2D eigenvalue weighted by Gasteiger charge is -2.24. The molecular formula is C13H16BrFN2O2S. The molecule has 7 heteroatoms. The van der Waals surface area contributed by atoms with Crippen molar-refractivity contribution in [3.63, 3.8) is 0 Å². The van der Waals surface area contributed by atoms with E-state index in [0.29, 0.717) is 18.4 Å². The lowest BCUT2D eigenvalue weighted by molar-refractivity contribution is 0.360. The molecule has 110 valence electrons. The number of benzene rings is 1. The van der Waals surface area contributed by atoms with Gasteiger partial charge in [0.25, 0.3) is 0 Å². The van der Waals surface area contributed by atoms with Gasteiger partial charge in [0.2, 0.25) is 10.0 Å². The van der Waals surface area contributed by atoms with Crippen LogP contribution in [0.1, 0.15) is 6.92 Å². The largest absolute Gasteiger partial charge is 0.316 e. The minimum Gasteiger partial charge on any atom is -0.316 e. The molecule has 0 radical (unpaired) electrons. The molecule has 0 bridgehead atoms. The Morgan fingerprint density at radius 3 is 2.80 bits per heavy atom. The second-order valence-corrected chi connectivity index (χ2v) is 8.22. The number of nitrogens with zero attached hydrogens (tertiary/aromatic N) is 1. The Labute approximate surface area is 126 Å². The molecular weight excluding hydrogens is 347 g/mol. The number of fused-ring (bicyclic) bond motifs is 1. The minimum absolute atomic E-state index is 0.0259. The molecule has 2 aliphatic rings. The van der Waals surface area contributed by atoms with Crippen LogP contribution in [0.25, 0.3) is 0 Å². The summed E-state index contributed by atoms with van der Waals surface area (Å²) in [6, 6.07) is 3.91. The minimum atomic E-state index is -3.62. The number of halogens is 2. The first-order valence-corrected chi connectivity index (χ1v) is 8.82. The quantitative estimate of drug-likeness (QED) is 0.872. The van der Waals surface area contributed by atoms with Gasteiger partial charge >= 0.3 is 0 Å². The van der Waals surface area contributed by atoms with Crippen LogP contribution in [-0.2, 0) is 10.0 Å². The fraction of sp³-hybridized carbons (Fsp3) is 0.538. The zero-order chi connectivity index (χ0) is 14.5. The lowest BCUT2D eigenvalue weighted by atomic mass is 9.95. The molecule has 3 rings (SSSR count). The summed E-state index contributed by atoms with van der Waals surface area (Å²) in [4.78, 5) is 0.0259. The van der Waals surface area contributed by atoms with Gasteiger partial charge in [-0.3, -0.25) is 0 Å². The third kappa shape index (κ3) is 2.20. The zero-order valence-corrected chi connectivity index (χ0v) is 13.4. The molecule has 2 saturated heterocycles. The molecule has 0 aromatic heterocycles. The molecule has 0 spiro atoms. The third-order valence-corrected chi connectivity index (χ3v) is 6.97. The van der Waals surface area contributed by atoms with Crippen molar-refractivity contribution in [1.82, 2.24) is 9.62 Å². The van der Waals surface area contributed by atoms with Gasteiger partial charge in [-0.1, -0.05) is 0 Å². The second-order valence-electron chi connectivity index (χ2n) is 5.47. The molecule has 1 aromatic rings. The maximum Gasteiger partial charge on any atom is 0.243 e. The van der Waals surface area contributed by atoms with Gasteiger partial charge in [0, 0.05) is 12.6 Å². The van der Waals surface area contributed by atoms with Crippen LogP contribution in [0.3, 0.4) is 0 Å². The van der Waals surface area contributed by atoms with Crippen LogP contribution in [0.2, 0.25) is 0 Å². The summed E-state index contributed by atoms with van der Waals surface area (Å²) in [5.41, 5.74) is 0. The highest BCUT2D eigenvalue weighted by Crippen LogP contribution is 2.36. The molecule has 3 unspecified atom stereocenters. The Kier molecular flexibility index (Phi) is 3.64. The fourth-order valence-corrected chi connectivity index (χ4v) is 5.21. The molecule has 3 atom stereocenters. The summed E-state index contributed by atoms with van der Waals surface area (Å²) in [7, 11) is -3.62. The normalized spacial score (nSPS) is 30.6. The van der Waals surface area contributed by atoms with Crippen molar-refractivity contribution in [3.8, 4) is 0 Å². The number of sulfonamides is 1. The van der Waals surface area contributed by atoms with E-state index in [1.54, 1.807) is 0 Å². The highest BCUT2D eigenvalue weighted by Gasteiger charge is 2.46. The smallest absolute Gasteiger partial charge is 0.243 e. The van der Waals surface area contributed by atoms with Crippen LogP contribution in [-0.4, -0.2) is 38.4 Å². The summed E-state index contributed by atoms with van der Waals surface area (Å²) in [6.45, 7) is 4.16. The van der Waals surface area contributed by atoms with E-state index in [0.717, 1.165) is 19.2 Å². The van der Waals surface area contributed by atoms with E-state index in [9.17, 15) is 12.8 Å². The average molecular weight is 363 g/mol. The SMILES string of the molecule is CC1C2CNCC2CN1S(=O)(=O)c1ccc(Br)c(F)c1. The van der Waals surface area contributed by atoms with Gasteiger partial charge in [0.15, 0.2) is 0 Å². The zero-order valence-electron chi connectivity index (χ0n) is 11.0. The van der Waals surface area contributed by atoms with Crippen LogP contribution in [0.15, 0.2) is 27.6 Å². The third-order valence-electron chi connectivity index (χ3n) is 4.38. The Morgan fingerprint density at radius 1 is 1.40 bits per heavy atom. The molecule has 0 aliphatic carbocycles. The predicted molar refractivity (Wildman–Crippen MR) is 77.3 cm³/mol. The van der Waals surface area contributed by atoms with Crippen LogP contribution in [0.4, 0.5) is 4.39 Å². The van der Waals surface area contributed by atoms with Gasteiger partial charge in [-0.15, -0.1) is 0 Å². The Morgan fingerprint density at radius 2 is 2.15 bits per heavy atom. The molecule has 2 aliphatic heterocycles. The Balaban J connectivity index is 1.94. The van der Waals surface area contributed by atoms with Gasteiger partial charge in [0.05, 0.1) is 9.37 Å². The van der Waals surface area contributed by atoms with Crippen LogP contribution in [0.5, 0.6) is 0 Å². The molecule has 20 heavy (non-hydrogen) atoms. The second kappa shape index (κ2) is 5.05. The standard InChI is InChI=1S/C13H16BrFN2O2S/c1-8-11-6-16-5-9(11)7-17(8)20(18,19)10-2-3-12(14)13(15)4-10/h2-4,8-9,11,16H,5-7H2,1H3. The lowest BCUT2D eigenvalue weighted by Crippen LogP contribution is -2.38. The van der Waals surface area contributed by atoms with E-state index in [1.165, 1.54) is 16.4 Å². The van der Waals surface area contributed by atoms with Crippen LogP contribution < -0.4 is 5.32 Å². The molecule has 2 fully saturated rings. The summed E-state index contributed by atoms with van der Waals surface area (Å²) in [6.07, 6.45) is 0. The molecule has 1 N–H and O–H groups in total. The molecule has 0 saturated carbocycles. The molecule has 4 nitrogen and oxygen atoms in total. The van der Waals surface area contributed by atoms with Crippen molar-refractivity contribution in [1.29, 1.82) is 0 Å². The first kappa shape index (κ1) is 14.4. The highest BCUT2D eigenvalue weighted by atomic mass is 79.9. The maximum absolute atomic E-state index is 13.6. The molecule has 1 aromatic carbocycles. The van der Waals surface area contributed by atoms with E-state index in [1.807, 2.05) is 6.92 Å².